The van der Waals surface area contributed by atoms with Crippen LogP contribution >= 0.6 is 0 Å². The summed E-state index contributed by atoms with van der Waals surface area (Å²) in [7, 11) is 0. The van der Waals surface area contributed by atoms with Gasteiger partial charge in [-0.1, -0.05) is 44.2 Å². The Balaban J connectivity index is 1.65. The van der Waals surface area contributed by atoms with Gasteiger partial charge in [0.2, 0.25) is 0 Å². The van der Waals surface area contributed by atoms with Crippen LogP contribution in [0.4, 0.5) is 5.82 Å². The van der Waals surface area contributed by atoms with Crippen LogP contribution in [-0.4, -0.2) is 26.9 Å². The molecule has 0 saturated heterocycles. The number of Topliss-reactive ketones (excluding diaryl/α,β-unsaturated/α-hetero) is 1. The number of nitrogen functional groups attached to an aromatic ring is 1. The second-order valence-corrected chi connectivity index (χ2v) is 7.24. The molecule has 6 nitrogen and oxygen atoms in total. The van der Waals surface area contributed by atoms with Crippen molar-refractivity contribution in [2.75, 3.05) is 12.3 Å². The number of carbonyl (C=O) groups excluding carboxylic acids is 1. The molecule has 0 aliphatic carbocycles. The fourth-order valence-electron chi connectivity index (χ4n) is 3.32. The van der Waals surface area contributed by atoms with Crippen LogP contribution in [0, 0.1) is 5.92 Å². The number of hydrogen-bond acceptors (Lipinski definition) is 5. The van der Waals surface area contributed by atoms with Gasteiger partial charge < -0.3 is 15.0 Å². The zero-order valence-corrected chi connectivity index (χ0v) is 15.9. The Bertz CT molecular complexity index is 1150. The van der Waals surface area contributed by atoms with Gasteiger partial charge >= 0.3 is 0 Å². The third kappa shape index (κ3) is 3.41. The highest BCUT2D eigenvalue weighted by Gasteiger charge is 2.14. The highest BCUT2D eigenvalue weighted by molar-refractivity contribution is 6.06. The highest BCUT2D eigenvalue weighted by Crippen LogP contribution is 2.30. The fourth-order valence-corrected chi connectivity index (χ4v) is 3.32. The van der Waals surface area contributed by atoms with Gasteiger partial charge in [-0.05, 0) is 18.1 Å². The maximum atomic E-state index is 12.3. The van der Waals surface area contributed by atoms with E-state index in [0.29, 0.717) is 28.6 Å². The van der Waals surface area contributed by atoms with E-state index in [2.05, 4.69) is 28.4 Å². The van der Waals surface area contributed by atoms with E-state index in [0.717, 1.165) is 23.0 Å². The van der Waals surface area contributed by atoms with E-state index in [-0.39, 0.29) is 12.4 Å². The Morgan fingerprint density at radius 2 is 1.96 bits per heavy atom. The first-order chi connectivity index (χ1) is 13.5. The molecule has 6 heteroatoms. The predicted molar refractivity (Wildman–Crippen MR) is 111 cm³/mol. The summed E-state index contributed by atoms with van der Waals surface area (Å²) in [4.78, 5) is 21.2. The molecular weight excluding hydrogens is 352 g/mol. The smallest absolute Gasteiger partial charge is 0.200 e. The Hall–Kier alpha value is -3.41. The highest BCUT2D eigenvalue weighted by atomic mass is 16.5. The molecule has 0 unspecified atom stereocenters. The van der Waals surface area contributed by atoms with Crippen LogP contribution < -0.4 is 10.5 Å². The Kier molecular flexibility index (Phi) is 4.69. The molecule has 0 spiro atoms. The summed E-state index contributed by atoms with van der Waals surface area (Å²) in [5.41, 5.74) is 9.17. The molecule has 0 bridgehead atoms. The SMILES string of the molecule is CC(C)Cn1cnc2c(N)nc3cc(OCC(=O)c4ccccc4)ccc3c21. The molecular formula is C22H22N4O2. The van der Waals surface area contributed by atoms with Gasteiger partial charge in [0.1, 0.15) is 11.3 Å². The quantitative estimate of drug-likeness (QED) is 0.514. The van der Waals surface area contributed by atoms with E-state index >= 15 is 0 Å². The number of benzene rings is 2. The van der Waals surface area contributed by atoms with Crippen molar-refractivity contribution in [3.8, 4) is 5.75 Å². The molecule has 0 fully saturated rings. The zero-order valence-electron chi connectivity index (χ0n) is 15.9. The minimum absolute atomic E-state index is 0.0292. The number of nitrogens with zero attached hydrogens (tertiary/aromatic N) is 3. The summed E-state index contributed by atoms with van der Waals surface area (Å²) < 4.78 is 7.82. The number of ether oxygens (including phenoxy) is 1. The lowest BCUT2D eigenvalue weighted by Crippen LogP contribution is -2.11. The third-order valence-corrected chi connectivity index (χ3v) is 4.57. The number of ketones is 1. The number of rotatable bonds is 6. The van der Waals surface area contributed by atoms with E-state index < -0.39 is 0 Å². The maximum Gasteiger partial charge on any atom is 0.200 e. The van der Waals surface area contributed by atoms with E-state index in [1.165, 1.54) is 0 Å². The lowest BCUT2D eigenvalue weighted by atomic mass is 10.1. The van der Waals surface area contributed by atoms with Crippen molar-refractivity contribution < 1.29 is 9.53 Å². The third-order valence-electron chi connectivity index (χ3n) is 4.57. The van der Waals surface area contributed by atoms with Gasteiger partial charge in [0, 0.05) is 23.6 Å². The fraction of sp³-hybridized carbons (Fsp3) is 0.227. The van der Waals surface area contributed by atoms with Gasteiger partial charge in [0.25, 0.3) is 0 Å². The second-order valence-electron chi connectivity index (χ2n) is 7.24. The lowest BCUT2D eigenvalue weighted by molar-refractivity contribution is 0.0921. The van der Waals surface area contributed by atoms with Gasteiger partial charge in [0.15, 0.2) is 18.2 Å². The van der Waals surface area contributed by atoms with E-state index in [1.54, 1.807) is 12.1 Å². The zero-order chi connectivity index (χ0) is 19.7. The first kappa shape index (κ1) is 18.0. The molecule has 0 atom stereocenters. The van der Waals surface area contributed by atoms with E-state index in [9.17, 15) is 4.79 Å². The molecule has 0 aliphatic heterocycles. The van der Waals surface area contributed by atoms with Crippen LogP contribution in [-0.2, 0) is 6.54 Å². The van der Waals surface area contributed by atoms with Crippen molar-refractivity contribution >= 4 is 33.5 Å². The number of fused-ring (bicyclic) bond motifs is 3. The second kappa shape index (κ2) is 7.31. The Morgan fingerprint density at radius 3 is 2.71 bits per heavy atom. The number of pyridine rings is 1. The maximum absolute atomic E-state index is 12.3. The lowest BCUT2D eigenvalue weighted by Gasteiger charge is -2.11. The predicted octanol–water partition coefficient (Wildman–Crippen LogP) is 4.08. The van der Waals surface area contributed by atoms with Crippen molar-refractivity contribution in [3.63, 3.8) is 0 Å². The average Bonchev–Trinajstić information content (AvgIpc) is 3.10. The number of anilines is 1. The van der Waals surface area contributed by atoms with Crippen LogP contribution in [0.15, 0.2) is 54.9 Å². The summed E-state index contributed by atoms with van der Waals surface area (Å²) in [6, 6.07) is 14.7. The molecule has 0 amide bonds. The van der Waals surface area contributed by atoms with E-state index in [4.69, 9.17) is 10.5 Å². The minimum Gasteiger partial charge on any atom is -0.485 e. The van der Waals surface area contributed by atoms with Crippen molar-refractivity contribution in [2.45, 2.75) is 20.4 Å². The summed E-state index contributed by atoms with van der Waals surface area (Å²) in [5, 5.41) is 0.962. The molecule has 0 saturated carbocycles. The number of hydrogen-bond donors (Lipinski definition) is 1. The Labute approximate surface area is 163 Å². The number of aromatic nitrogens is 3. The first-order valence-electron chi connectivity index (χ1n) is 9.28. The van der Waals surface area contributed by atoms with Crippen LogP contribution in [0.1, 0.15) is 24.2 Å². The van der Waals surface area contributed by atoms with Gasteiger partial charge in [0.05, 0.1) is 17.4 Å². The molecule has 2 heterocycles. The summed E-state index contributed by atoms with van der Waals surface area (Å²) >= 11 is 0. The summed E-state index contributed by atoms with van der Waals surface area (Å²) in [6.07, 6.45) is 1.81. The van der Waals surface area contributed by atoms with Gasteiger partial charge in [-0.25, -0.2) is 9.97 Å². The van der Waals surface area contributed by atoms with Crippen molar-refractivity contribution in [2.24, 2.45) is 5.92 Å². The molecule has 0 aliphatic rings. The molecule has 142 valence electrons. The van der Waals surface area contributed by atoms with Crippen molar-refractivity contribution in [1.29, 1.82) is 0 Å². The summed E-state index contributed by atoms with van der Waals surface area (Å²) in [6.45, 7) is 5.14. The molecule has 4 rings (SSSR count). The van der Waals surface area contributed by atoms with Crippen molar-refractivity contribution in [1.82, 2.24) is 14.5 Å². The summed E-state index contributed by atoms with van der Waals surface area (Å²) in [5.74, 6) is 1.38. The molecule has 2 aromatic heterocycles. The van der Waals surface area contributed by atoms with Crippen LogP contribution in [0.3, 0.4) is 0 Å². The monoisotopic (exact) mass is 374 g/mol. The largest absolute Gasteiger partial charge is 0.485 e. The van der Waals surface area contributed by atoms with Gasteiger partial charge in [-0.15, -0.1) is 0 Å². The number of imidazole rings is 1. The van der Waals surface area contributed by atoms with Crippen LogP contribution in [0.5, 0.6) is 5.75 Å². The molecule has 28 heavy (non-hydrogen) atoms. The van der Waals surface area contributed by atoms with Crippen LogP contribution in [0.2, 0.25) is 0 Å². The molecule has 2 aromatic carbocycles. The number of nitrogens with two attached hydrogens (primary N) is 1. The minimum atomic E-state index is -0.0707. The average molecular weight is 374 g/mol. The topological polar surface area (TPSA) is 83.0 Å². The molecule has 2 N–H and O–H groups in total. The normalized spacial score (nSPS) is 11.4. The standard InChI is InChI=1S/C22H22N4O2/c1-14(2)11-26-13-24-20-21(26)17-9-8-16(10-18(17)25-22(20)23)28-12-19(27)15-6-4-3-5-7-15/h3-10,13-14H,11-12H2,1-2H3,(H2,23,25). The first-order valence-corrected chi connectivity index (χ1v) is 9.28. The van der Waals surface area contributed by atoms with Gasteiger partial charge in [-0.3, -0.25) is 4.79 Å². The van der Waals surface area contributed by atoms with Crippen molar-refractivity contribution in [3.05, 3.63) is 60.4 Å². The Morgan fingerprint density at radius 1 is 1.18 bits per heavy atom. The van der Waals surface area contributed by atoms with Crippen LogP contribution in [0.25, 0.3) is 21.9 Å². The molecule has 4 aromatic rings. The van der Waals surface area contributed by atoms with E-state index in [1.807, 2.05) is 42.7 Å². The molecule has 0 radical (unpaired) electrons. The number of carbonyl (C=O) groups is 1. The van der Waals surface area contributed by atoms with Gasteiger partial charge in [-0.2, -0.15) is 0 Å².